The Morgan fingerprint density at radius 1 is 1.13 bits per heavy atom. The van der Waals surface area contributed by atoms with Gasteiger partial charge in [-0.05, 0) is 0 Å². The van der Waals surface area contributed by atoms with Gasteiger partial charge < -0.3 is 0 Å². The van der Waals surface area contributed by atoms with Gasteiger partial charge in [-0.15, -0.1) is 0 Å². The number of methoxy groups -OCH3 is 1. The zero-order valence-corrected chi connectivity index (χ0v) is 12.9. The quantitative estimate of drug-likeness (QED) is 0.773. The molecule has 0 spiro atoms. The number of hydrogen-bond acceptors (Lipinski definition) is 1. The maximum atomic E-state index is 5.93. The van der Waals surface area contributed by atoms with Crippen molar-refractivity contribution in [1.29, 1.82) is 0 Å². The van der Waals surface area contributed by atoms with Gasteiger partial charge in [-0.3, -0.25) is 0 Å². The second-order valence-corrected chi connectivity index (χ2v) is 12.7. The molecule has 1 aromatic carbocycles. The molecule has 1 nitrogen and oxygen atoms in total. The average Bonchev–Trinajstić information content (AvgIpc) is 2.20. The van der Waals surface area contributed by atoms with Crippen LogP contribution in [0.2, 0.25) is 25.5 Å². The standard InChI is InChI=1S/C12H20OSeSi/c1-13-12(14-2,15(3,4)5)11-9-7-6-8-10-11/h6-10H,1-5H3. The van der Waals surface area contributed by atoms with Gasteiger partial charge in [0.2, 0.25) is 0 Å². The Balaban J connectivity index is 3.24. The Bertz CT molecular complexity index is 301. The summed E-state index contributed by atoms with van der Waals surface area (Å²) in [5.41, 5.74) is 1.36. The molecule has 1 rings (SSSR count). The first-order valence-corrected chi connectivity index (χ1v) is 11.2. The van der Waals surface area contributed by atoms with Gasteiger partial charge in [0.05, 0.1) is 0 Å². The van der Waals surface area contributed by atoms with E-state index in [-0.39, 0.29) is 4.12 Å². The predicted octanol–water partition coefficient (Wildman–Crippen LogP) is 3.12. The van der Waals surface area contributed by atoms with Crippen molar-refractivity contribution in [2.45, 2.75) is 29.6 Å². The molecule has 0 aliphatic carbocycles. The Hall–Kier alpha value is -0.0836. The average molecular weight is 287 g/mol. The van der Waals surface area contributed by atoms with Crippen molar-refractivity contribution in [3.8, 4) is 0 Å². The molecule has 0 saturated heterocycles. The molecule has 0 heterocycles. The monoisotopic (exact) mass is 288 g/mol. The summed E-state index contributed by atoms with van der Waals surface area (Å²) in [5, 5.41) is 0. The fraction of sp³-hybridized carbons (Fsp3) is 0.500. The first-order chi connectivity index (χ1) is 6.98. The van der Waals surface area contributed by atoms with E-state index in [1.165, 1.54) is 5.56 Å². The molecule has 1 unspecified atom stereocenters. The fourth-order valence-electron chi connectivity index (χ4n) is 2.02. The van der Waals surface area contributed by atoms with Gasteiger partial charge in [-0.25, -0.2) is 0 Å². The Morgan fingerprint density at radius 2 is 1.67 bits per heavy atom. The SMILES string of the molecule is COC([Se]C)(c1ccccc1)[Si](C)(C)C. The van der Waals surface area contributed by atoms with Crippen molar-refractivity contribution in [2.24, 2.45) is 0 Å². The molecular weight excluding hydrogens is 267 g/mol. The van der Waals surface area contributed by atoms with Crippen LogP contribution in [0.1, 0.15) is 5.56 Å². The van der Waals surface area contributed by atoms with Crippen molar-refractivity contribution < 1.29 is 4.74 Å². The third-order valence-corrected chi connectivity index (χ3v) is 12.1. The molecule has 0 aliphatic heterocycles. The third-order valence-electron chi connectivity index (χ3n) is 2.72. The normalized spacial score (nSPS) is 16.1. The van der Waals surface area contributed by atoms with E-state index >= 15 is 0 Å². The summed E-state index contributed by atoms with van der Waals surface area (Å²) in [6.45, 7) is 7.15. The van der Waals surface area contributed by atoms with Gasteiger partial charge in [-0.1, -0.05) is 0 Å². The van der Waals surface area contributed by atoms with E-state index in [2.05, 4.69) is 55.8 Å². The van der Waals surface area contributed by atoms with Gasteiger partial charge in [0.1, 0.15) is 0 Å². The van der Waals surface area contributed by atoms with Crippen LogP contribution in [0.4, 0.5) is 0 Å². The van der Waals surface area contributed by atoms with E-state index in [0.29, 0.717) is 15.0 Å². The van der Waals surface area contributed by atoms with E-state index in [1.807, 2.05) is 7.11 Å². The van der Waals surface area contributed by atoms with E-state index in [4.69, 9.17) is 4.74 Å². The van der Waals surface area contributed by atoms with E-state index in [9.17, 15) is 0 Å². The van der Waals surface area contributed by atoms with Crippen molar-refractivity contribution in [2.75, 3.05) is 7.11 Å². The second-order valence-electron chi connectivity index (χ2n) is 4.64. The van der Waals surface area contributed by atoms with Gasteiger partial charge in [-0.2, -0.15) is 0 Å². The third kappa shape index (κ3) is 2.36. The number of ether oxygens (including phenoxy) is 1. The Kier molecular flexibility index (Phi) is 4.18. The molecular formula is C12H20OSeSi. The van der Waals surface area contributed by atoms with Gasteiger partial charge >= 0.3 is 100 Å². The molecule has 1 aromatic rings. The summed E-state index contributed by atoms with van der Waals surface area (Å²) in [4.78, 5) is 0. The Labute approximate surface area is 100 Å². The minimum absolute atomic E-state index is 0.0151. The molecule has 1 atom stereocenters. The maximum absolute atomic E-state index is 5.93. The molecule has 3 heteroatoms. The topological polar surface area (TPSA) is 9.23 Å². The van der Waals surface area contributed by atoms with E-state index in [1.54, 1.807) is 0 Å². The van der Waals surface area contributed by atoms with Crippen molar-refractivity contribution in [1.82, 2.24) is 0 Å². The first-order valence-electron chi connectivity index (χ1n) is 5.14. The minimum atomic E-state index is -1.37. The van der Waals surface area contributed by atoms with Crippen molar-refractivity contribution in [3.05, 3.63) is 35.9 Å². The molecule has 84 valence electrons. The van der Waals surface area contributed by atoms with Crippen molar-refractivity contribution >= 4 is 23.0 Å². The number of rotatable bonds is 4. The van der Waals surface area contributed by atoms with Gasteiger partial charge in [0, 0.05) is 0 Å². The van der Waals surface area contributed by atoms with Crippen LogP contribution in [-0.2, 0) is 8.86 Å². The van der Waals surface area contributed by atoms with E-state index in [0.717, 1.165) is 0 Å². The van der Waals surface area contributed by atoms with Crippen LogP contribution in [0.3, 0.4) is 0 Å². The molecule has 0 fully saturated rings. The predicted molar refractivity (Wildman–Crippen MR) is 70.1 cm³/mol. The van der Waals surface area contributed by atoms with Crippen LogP contribution < -0.4 is 0 Å². The van der Waals surface area contributed by atoms with Crippen LogP contribution in [-0.4, -0.2) is 30.1 Å². The van der Waals surface area contributed by atoms with Gasteiger partial charge in [0.25, 0.3) is 0 Å². The number of benzene rings is 1. The summed E-state index contributed by atoms with van der Waals surface area (Å²) < 4.78 is 5.94. The van der Waals surface area contributed by atoms with Crippen LogP contribution in [0.5, 0.6) is 0 Å². The van der Waals surface area contributed by atoms with Gasteiger partial charge in [0.15, 0.2) is 0 Å². The summed E-state index contributed by atoms with van der Waals surface area (Å²) >= 11 is 0.466. The molecule has 0 aromatic heterocycles. The summed E-state index contributed by atoms with van der Waals surface area (Å²) in [5.74, 6) is 2.28. The van der Waals surface area contributed by atoms with E-state index < -0.39 is 8.07 Å². The fourth-order valence-corrected chi connectivity index (χ4v) is 9.26. The van der Waals surface area contributed by atoms with Crippen LogP contribution in [0, 0.1) is 0 Å². The molecule has 0 amide bonds. The Morgan fingerprint density at radius 3 is 2.00 bits per heavy atom. The summed E-state index contributed by atoms with van der Waals surface area (Å²) in [6, 6.07) is 10.7. The molecule has 0 saturated carbocycles. The number of hydrogen-bond donors (Lipinski definition) is 0. The molecule has 0 radical (unpaired) electrons. The first kappa shape index (κ1) is 13.0. The summed E-state index contributed by atoms with van der Waals surface area (Å²) in [6.07, 6.45) is 0. The summed E-state index contributed by atoms with van der Waals surface area (Å²) in [7, 11) is 0.485. The van der Waals surface area contributed by atoms with Crippen LogP contribution >= 0.6 is 0 Å². The zero-order valence-electron chi connectivity index (χ0n) is 10.2. The van der Waals surface area contributed by atoms with Crippen LogP contribution in [0.15, 0.2) is 30.3 Å². The van der Waals surface area contributed by atoms with Crippen LogP contribution in [0.25, 0.3) is 0 Å². The second kappa shape index (κ2) is 4.83. The molecule has 0 N–H and O–H groups in total. The molecule has 0 bridgehead atoms. The van der Waals surface area contributed by atoms with Crippen molar-refractivity contribution in [3.63, 3.8) is 0 Å². The zero-order chi connectivity index (χ0) is 11.5. The molecule has 15 heavy (non-hydrogen) atoms. The molecule has 0 aliphatic rings.